The lowest BCUT2D eigenvalue weighted by molar-refractivity contribution is -0.136. The number of para-hydroxylation sites is 2. The normalized spacial score (nSPS) is 14.5. The Bertz CT molecular complexity index is 1810. The van der Waals surface area contributed by atoms with Crippen LogP contribution in [-0.2, 0) is 33.9 Å². The number of hydrogen-bond acceptors (Lipinski definition) is 4. The summed E-state index contributed by atoms with van der Waals surface area (Å²) in [6, 6.07) is 42.8. The van der Waals surface area contributed by atoms with Crippen molar-refractivity contribution >= 4 is 34.8 Å². The van der Waals surface area contributed by atoms with Gasteiger partial charge in [0.2, 0.25) is 17.7 Å². The molecule has 0 aliphatic carbocycles. The maximum Gasteiger partial charge on any atom is 0.244 e. The van der Waals surface area contributed by atoms with E-state index in [1.165, 1.54) is 0 Å². The average molecular weight is 609 g/mol. The van der Waals surface area contributed by atoms with Gasteiger partial charge in [-0.15, -0.1) is 0 Å². The molecule has 0 radical (unpaired) electrons. The third-order valence-corrected chi connectivity index (χ3v) is 8.30. The first-order valence-corrected chi connectivity index (χ1v) is 15.5. The zero-order valence-corrected chi connectivity index (χ0v) is 25.5. The van der Waals surface area contributed by atoms with Crippen molar-refractivity contribution in [2.24, 2.45) is 11.7 Å². The second kappa shape index (κ2) is 14.1. The van der Waals surface area contributed by atoms with E-state index in [-0.39, 0.29) is 18.9 Å². The number of nitrogens with one attached hydrogen (secondary N) is 1. The van der Waals surface area contributed by atoms with Crippen LogP contribution in [0, 0.1) is 5.92 Å². The third kappa shape index (κ3) is 6.75. The van der Waals surface area contributed by atoms with Gasteiger partial charge in [-0.25, -0.2) is 0 Å². The molecule has 230 valence electrons. The van der Waals surface area contributed by atoms with E-state index < -0.39 is 17.7 Å². The van der Waals surface area contributed by atoms with Gasteiger partial charge in [-0.1, -0.05) is 109 Å². The molecule has 1 aliphatic heterocycles. The minimum absolute atomic E-state index is 0.240. The lowest BCUT2D eigenvalue weighted by Crippen LogP contribution is -2.43. The van der Waals surface area contributed by atoms with Crippen LogP contribution in [0.1, 0.15) is 23.1 Å². The molecule has 1 heterocycles. The van der Waals surface area contributed by atoms with E-state index in [4.69, 9.17) is 5.73 Å². The number of carbonyl (C=O) groups is 3. The molecule has 3 N–H and O–H groups in total. The Labute approximate surface area is 269 Å². The van der Waals surface area contributed by atoms with Crippen molar-refractivity contribution in [2.75, 3.05) is 16.3 Å². The second-order valence-corrected chi connectivity index (χ2v) is 11.4. The Hall–Kier alpha value is -5.53. The molecule has 0 aromatic heterocycles. The summed E-state index contributed by atoms with van der Waals surface area (Å²) in [4.78, 5) is 45.3. The highest BCUT2D eigenvalue weighted by Gasteiger charge is 2.42. The molecule has 5 aromatic carbocycles. The standard InChI is InChI=1S/C39H36N4O3/c40-26-29-17-21-33(22-18-29)43-36-14-8-7-13-35(36)42(27-30-15-19-32(20-16-30)31-11-5-2-6-12-31)38(45)34(39(43)46)25-37(44)41-24-23-28-9-3-1-4-10-28/h1-22,34H,23-27,40H2,(H,41,44). The fourth-order valence-electron chi connectivity index (χ4n) is 5.82. The lowest BCUT2D eigenvalue weighted by Gasteiger charge is -2.26. The van der Waals surface area contributed by atoms with Crippen LogP contribution in [0.2, 0.25) is 0 Å². The molecule has 6 rings (SSSR count). The largest absolute Gasteiger partial charge is 0.356 e. The molecule has 1 atom stereocenters. The molecule has 3 amide bonds. The van der Waals surface area contributed by atoms with Gasteiger partial charge in [0.25, 0.3) is 0 Å². The topological polar surface area (TPSA) is 95.7 Å². The molecule has 7 heteroatoms. The van der Waals surface area contributed by atoms with E-state index in [0.29, 0.717) is 36.6 Å². The smallest absolute Gasteiger partial charge is 0.244 e. The number of rotatable bonds is 10. The monoisotopic (exact) mass is 608 g/mol. The highest BCUT2D eigenvalue weighted by atomic mass is 16.2. The molecule has 0 saturated heterocycles. The first-order chi connectivity index (χ1) is 22.5. The van der Waals surface area contributed by atoms with Crippen molar-refractivity contribution in [1.29, 1.82) is 0 Å². The number of amides is 3. The van der Waals surface area contributed by atoms with Crippen LogP contribution < -0.4 is 20.9 Å². The molecule has 5 aromatic rings. The van der Waals surface area contributed by atoms with Crippen LogP contribution >= 0.6 is 0 Å². The van der Waals surface area contributed by atoms with Crippen molar-refractivity contribution < 1.29 is 14.4 Å². The van der Waals surface area contributed by atoms with Crippen molar-refractivity contribution in [3.8, 4) is 11.1 Å². The molecule has 1 unspecified atom stereocenters. The Morgan fingerprint density at radius 2 is 1.22 bits per heavy atom. The first kappa shape index (κ1) is 30.5. The summed E-state index contributed by atoms with van der Waals surface area (Å²) in [6.07, 6.45) is 0.385. The quantitative estimate of drug-likeness (QED) is 0.180. The van der Waals surface area contributed by atoms with E-state index >= 15 is 0 Å². The summed E-state index contributed by atoms with van der Waals surface area (Å²) >= 11 is 0. The number of fused-ring (bicyclic) bond motifs is 1. The fraction of sp³-hybridized carbons (Fsp3) is 0.154. The molecule has 46 heavy (non-hydrogen) atoms. The Morgan fingerprint density at radius 3 is 1.89 bits per heavy atom. The van der Waals surface area contributed by atoms with Gasteiger partial charge in [0.1, 0.15) is 5.92 Å². The van der Waals surface area contributed by atoms with Crippen molar-refractivity contribution in [3.05, 3.63) is 150 Å². The number of nitrogens with two attached hydrogens (primary N) is 1. The van der Waals surface area contributed by atoms with Gasteiger partial charge < -0.3 is 16.0 Å². The van der Waals surface area contributed by atoms with Crippen molar-refractivity contribution in [3.63, 3.8) is 0 Å². The van der Waals surface area contributed by atoms with Crippen LogP contribution in [0.3, 0.4) is 0 Å². The van der Waals surface area contributed by atoms with Gasteiger partial charge in [0.05, 0.1) is 17.9 Å². The van der Waals surface area contributed by atoms with Gasteiger partial charge >= 0.3 is 0 Å². The molecule has 7 nitrogen and oxygen atoms in total. The molecular weight excluding hydrogens is 572 g/mol. The predicted octanol–water partition coefficient (Wildman–Crippen LogP) is 6.39. The summed E-state index contributed by atoms with van der Waals surface area (Å²) in [6.45, 7) is 1.01. The van der Waals surface area contributed by atoms with Crippen LogP contribution in [0.4, 0.5) is 17.1 Å². The van der Waals surface area contributed by atoms with Crippen molar-refractivity contribution in [2.45, 2.75) is 25.9 Å². The van der Waals surface area contributed by atoms with E-state index in [1.807, 2.05) is 121 Å². The average Bonchev–Trinajstić information content (AvgIpc) is 3.18. The van der Waals surface area contributed by atoms with Gasteiger partial charge in [0.15, 0.2) is 0 Å². The Morgan fingerprint density at radius 1 is 0.630 bits per heavy atom. The van der Waals surface area contributed by atoms with Gasteiger partial charge in [0, 0.05) is 25.2 Å². The van der Waals surface area contributed by atoms with Crippen LogP contribution in [-0.4, -0.2) is 24.3 Å². The van der Waals surface area contributed by atoms with E-state index in [1.54, 1.807) is 9.80 Å². The maximum absolute atomic E-state index is 14.4. The number of benzene rings is 5. The van der Waals surface area contributed by atoms with E-state index in [9.17, 15) is 14.4 Å². The van der Waals surface area contributed by atoms with Crippen LogP contribution in [0.25, 0.3) is 11.1 Å². The number of nitrogens with zero attached hydrogens (tertiary/aromatic N) is 2. The highest BCUT2D eigenvalue weighted by molar-refractivity contribution is 6.21. The fourth-order valence-corrected chi connectivity index (χ4v) is 5.82. The van der Waals surface area contributed by atoms with Crippen LogP contribution in [0.15, 0.2) is 133 Å². The van der Waals surface area contributed by atoms with Gasteiger partial charge in [-0.05, 0) is 58.5 Å². The molecule has 0 fully saturated rings. The summed E-state index contributed by atoms with van der Waals surface area (Å²) in [5.41, 5.74) is 12.7. The van der Waals surface area contributed by atoms with Crippen molar-refractivity contribution in [1.82, 2.24) is 5.32 Å². The SMILES string of the molecule is NCc1ccc(N2C(=O)C(CC(=O)NCCc3ccccc3)C(=O)N(Cc3ccc(-c4ccccc4)cc3)c3ccccc32)cc1. The Kier molecular flexibility index (Phi) is 9.32. The predicted molar refractivity (Wildman–Crippen MR) is 182 cm³/mol. The number of anilines is 3. The summed E-state index contributed by atoms with van der Waals surface area (Å²) < 4.78 is 0. The second-order valence-electron chi connectivity index (χ2n) is 11.4. The zero-order valence-electron chi connectivity index (χ0n) is 25.5. The number of hydrogen-bond donors (Lipinski definition) is 2. The molecule has 0 saturated carbocycles. The van der Waals surface area contributed by atoms with Crippen LogP contribution in [0.5, 0.6) is 0 Å². The first-order valence-electron chi connectivity index (χ1n) is 15.5. The minimum atomic E-state index is -1.22. The lowest BCUT2D eigenvalue weighted by atomic mass is 10.00. The third-order valence-electron chi connectivity index (χ3n) is 8.30. The molecular formula is C39H36N4O3. The molecule has 1 aliphatic rings. The van der Waals surface area contributed by atoms with Gasteiger partial charge in [-0.2, -0.15) is 0 Å². The zero-order chi connectivity index (χ0) is 31.9. The molecule has 0 bridgehead atoms. The minimum Gasteiger partial charge on any atom is -0.356 e. The molecule has 0 spiro atoms. The highest BCUT2D eigenvalue weighted by Crippen LogP contribution is 2.40. The van der Waals surface area contributed by atoms with E-state index in [2.05, 4.69) is 17.4 Å². The van der Waals surface area contributed by atoms with E-state index in [0.717, 1.165) is 27.8 Å². The summed E-state index contributed by atoms with van der Waals surface area (Å²) in [5, 5.41) is 2.92. The summed E-state index contributed by atoms with van der Waals surface area (Å²) in [7, 11) is 0. The number of carbonyl (C=O) groups excluding carboxylic acids is 3. The summed E-state index contributed by atoms with van der Waals surface area (Å²) in [5.74, 6) is -2.43. The maximum atomic E-state index is 14.4. The van der Waals surface area contributed by atoms with Gasteiger partial charge in [-0.3, -0.25) is 19.3 Å². The Balaban J connectivity index is 1.32.